The van der Waals surface area contributed by atoms with Gasteiger partial charge in [-0.2, -0.15) is 0 Å². The molecular weight excluding hydrogens is 366 g/mol. The fourth-order valence-corrected chi connectivity index (χ4v) is 4.21. The zero-order valence-electron chi connectivity index (χ0n) is 15.2. The van der Waals surface area contributed by atoms with Crippen LogP contribution in [0.25, 0.3) is 10.8 Å². The van der Waals surface area contributed by atoms with E-state index >= 15 is 0 Å². The van der Waals surface area contributed by atoms with E-state index in [1.54, 1.807) is 5.38 Å². The minimum Gasteiger partial charge on any atom is -0.480 e. The number of rotatable bonds is 8. The highest BCUT2D eigenvalue weighted by molar-refractivity contribution is 7.13. The Morgan fingerprint density at radius 1 is 1.37 bits per heavy atom. The van der Waals surface area contributed by atoms with Crippen LogP contribution in [0, 0.1) is 12.8 Å². The quantitative estimate of drug-likeness (QED) is 0.721. The van der Waals surface area contributed by atoms with Gasteiger partial charge in [0.1, 0.15) is 11.5 Å². The van der Waals surface area contributed by atoms with Crippen LogP contribution >= 0.6 is 11.3 Å². The summed E-state index contributed by atoms with van der Waals surface area (Å²) in [5, 5.41) is 14.6. The summed E-state index contributed by atoms with van der Waals surface area (Å²) in [6, 6.07) is 4.04. The molecule has 2 fully saturated rings. The Morgan fingerprint density at radius 3 is 2.78 bits per heavy atom. The molecule has 2 aliphatic carbocycles. The van der Waals surface area contributed by atoms with Crippen LogP contribution in [0.4, 0.5) is 0 Å². The van der Waals surface area contributed by atoms with E-state index in [0.717, 1.165) is 25.1 Å². The fraction of sp³-hybridized carbons (Fsp3) is 0.526. The molecule has 2 saturated carbocycles. The number of aromatic nitrogens is 1. The molecule has 2 N–H and O–H groups in total. The largest absolute Gasteiger partial charge is 0.480 e. The van der Waals surface area contributed by atoms with Crippen molar-refractivity contribution in [2.45, 2.75) is 44.7 Å². The zero-order valence-corrected chi connectivity index (χ0v) is 16.0. The summed E-state index contributed by atoms with van der Waals surface area (Å²) in [7, 11) is 0. The molecule has 8 heteroatoms. The molecular formula is C19H23N3O4S. The Kier molecular flexibility index (Phi) is 5.01. The lowest BCUT2D eigenvalue weighted by Crippen LogP contribution is -2.55. The van der Waals surface area contributed by atoms with E-state index in [0.29, 0.717) is 22.4 Å². The minimum atomic E-state index is -0.786. The van der Waals surface area contributed by atoms with Crippen molar-refractivity contribution in [3.63, 3.8) is 0 Å². The Labute approximate surface area is 161 Å². The molecule has 0 atom stereocenters. The summed E-state index contributed by atoms with van der Waals surface area (Å²) < 4.78 is 5.55. The lowest BCUT2D eigenvalue weighted by Gasteiger charge is -2.42. The number of aliphatic carboxylic acids is 1. The maximum atomic E-state index is 12.4. The van der Waals surface area contributed by atoms with Gasteiger partial charge in [0.25, 0.3) is 5.91 Å². The van der Waals surface area contributed by atoms with Crippen molar-refractivity contribution in [2.75, 3.05) is 13.1 Å². The van der Waals surface area contributed by atoms with E-state index in [1.807, 2.05) is 19.1 Å². The van der Waals surface area contributed by atoms with Crippen molar-refractivity contribution in [3.05, 3.63) is 29.0 Å². The number of hydrogen-bond donors (Lipinski definition) is 2. The third kappa shape index (κ3) is 4.39. The number of thiazole rings is 1. The van der Waals surface area contributed by atoms with E-state index < -0.39 is 5.97 Å². The molecule has 0 aliphatic heterocycles. The minimum absolute atomic E-state index is 0.0778. The summed E-state index contributed by atoms with van der Waals surface area (Å²) in [6.07, 6.45) is 3.98. The fourth-order valence-electron chi connectivity index (χ4n) is 3.45. The number of hydrogen-bond acceptors (Lipinski definition) is 6. The number of amides is 1. The number of aryl methyl sites for hydroxylation is 1. The summed E-state index contributed by atoms with van der Waals surface area (Å²) in [4.78, 5) is 30.0. The first kappa shape index (κ1) is 18.2. The van der Waals surface area contributed by atoms with Crippen molar-refractivity contribution in [1.29, 1.82) is 0 Å². The predicted molar refractivity (Wildman–Crippen MR) is 101 cm³/mol. The number of nitrogens with one attached hydrogen (secondary N) is 1. The lowest BCUT2D eigenvalue weighted by molar-refractivity contribution is -0.139. The molecule has 27 heavy (non-hydrogen) atoms. The Hall–Kier alpha value is -2.19. The van der Waals surface area contributed by atoms with Crippen molar-refractivity contribution in [2.24, 2.45) is 5.92 Å². The maximum absolute atomic E-state index is 12.4. The normalized spacial score (nSPS) is 21.9. The van der Waals surface area contributed by atoms with Gasteiger partial charge in [0.15, 0.2) is 10.8 Å². The van der Waals surface area contributed by atoms with E-state index in [2.05, 4.69) is 15.2 Å². The van der Waals surface area contributed by atoms with E-state index in [4.69, 9.17) is 9.52 Å². The van der Waals surface area contributed by atoms with E-state index in [9.17, 15) is 9.59 Å². The molecule has 2 aromatic rings. The summed E-state index contributed by atoms with van der Waals surface area (Å²) in [6.45, 7) is 2.81. The second kappa shape index (κ2) is 7.44. The molecule has 2 aromatic heterocycles. The first-order chi connectivity index (χ1) is 13.0. The highest BCUT2D eigenvalue weighted by Gasteiger charge is 2.38. The van der Waals surface area contributed by atoms with Crippen LogP contribution in [-0.2, 0) is 4.79 Å². The van der Waals surface area contributed by atoms with Crippen molar-refractivity contribution < 1.29 is 19.1 Å². The highest BCUT2D eigenvalue weighted by atomic mass is 32.1. The van der Waals surface area contributed by atoms with Crippen LogP contribution in [0.5, 0.6) is 0 Å². The first-order valence-electron chi connectivity index (χ1n) is 9.27. The van der Waals surface area contributed by atoms with Gasteiger partial charge in [-0.1, -0.05) is 0 Å². The van der Waals surface area contributed by atoms with Gasteiger partial charge in [-0.3, -0.25) is 14.5 Å². The molecule has 0 spiro atoms. The standard InChI is InChI=1S/C19H23N3O4S/c1-11-2-5-16(26-11)19-21-15(10-27-19)18(25)20-13-6-14(7-13)22(9-17(23)24)8-12-3-4-12/h2,5,10,12-14H,3-4,6-9H2,1H3,(H,20,25)(H,23,24). The second-order valence-electron chi connectivity index (χ2n) is 7.51. The molecule has 4 rings (SSSR count). The summed E-state index contributed by atoms with van der Waals surface area (Å²) >= 11 is 1.38. The van der Waals surface area contributed by atoms with Gasteiger partial charge >= 0.3 is 5.97 Å². The third-order valence-electron chi connectivity index (χ3n) is 5.18. The molecule has 1 amide bonds. The molecule has 0 saturated heterocycles. The zero-order chi connectivity index (χ0) is 19.0. The SMILES string of the molecule is Cc1ccc(-c2nc(C(=O)NC3CC(N(CC(=O)O)CC4CC4)C3)cs2)o1. The number of carboxylic acid groups (broad SMARTS) is 1. The predicted octanol–water partition coefficient (Wildman–Crippen LogP) is 2.77. The van der Waals surface area contributed by atoms with Gasteiger partial charge in [0, 0.05) is 24.0 Å². The van der Waals surface area contributed by atoms with Gasteiger partial charge in [-0.25, -0.2) is 4.98 Å². The topological polar surface area (TPSA) is 95.7 Å². The van der Waals surface area contributed by atoms with Crippen LogP contribution in [0.2, 0.25) is 0 Å². The molecule has 0 aromatic carbocycles. The molecule has 0 unspecified atom stereocenters. The average Bonchev–Trinajstić information content (AvgIpc) is 3.07. The van der Waals surface area contributed by atoms with Gasteiger partial charge in [0.05, 0.1) is 6.54 Å². The maximum Gasteiger partial charge on any atom is 0.317 e. The van der Waals surface area contributed by atoms with E-state index in [-0.39, 0.29) is 24.5 Å². The third-order valence-corrected chi connectivity index (χ3v) is 6.04. The van der Waals surface area contributed by atoms with Gasteiger partial charge in [-0.05, 0) is 50.7 Å². The van der Waals surface area contributed by atoms with Crippen LogP contribution in [0.15, 0.2) is 21.9 Å². The smallest absolute Gasteiger partial charge is 0.317 e. The molecule has 0 bridgehead atoms. The van der Waals surface area contributed by atoms with Crippen LogP contribution < -0.4 is 5.32 Å². The molecule has 2 aliphatic rings. The Bertz CT molecular complexity index is 836. The molecule has 7 nitrogen and oxygen atoms in total. The first-order valence-corrected chi connectivity index (χ1v) is 10.1. The number of furan rings is 1. The summed E-state index contributed by atoms with van der Waals surface area (Å²) in [5.74, 6) is 1.16. The number of carboxylic acids is 1. The molecule has 0 radical (unpaired) electrons. The van der Waals surface area contributed by atoms with Crippen molar-refractivity contribution in [1.82, 2.24) is 15.2 Å². The highest BCUT2D eigenvalue weighted by Crippen LogP contribution is 2.34. The average molecular weight is 389 g/mol. The number of nitrogens with zero attached hydrogens (tertiary/aromatic N) is 2. The Balaban J connectivity index is 1.29. The molecule has 2 heterocycles. The van der Waals surface area contributed by atoms with E-state index in [1.165, 1.54) is 24.2 Å². The Morgan fingerprint density at radius 2 is 2.15 bits per heavy atom. The number of carbonyl (C=O) groups is 2. The van der Waals surface area contributed by atoms with Crippen LogP contribution in [-0.4, -0.2) is 52.0 Å². The van der Waals surface area contributed by atoms with Gasteiger partial charge in [-0.15, -0.1) is 11.3 Å². The van der Waals surface area contributed by atoms with Gasteiger partial charge in [0.2, 0.25) is 0 Å². The van der Waals surface area contributed by atoms with Crippen molar-refractivity contribution >= 4 is 23.2 Å². The van der Waals surface area contributed by atoms with Crippen LogP contribution in [0.3, 0.4) is 0 Å². The monoisotopic (exact) mass is 389 g/mol. The second-order valence-corrected chi connectivity index (χ2v) is 8.37. The van der Waals surface area contributed by atoms with Crippen molar-refractivity contribution in [3.8, 4) is 10.8 Å². The van der Waals surface area contributed by atoms with Gasteiger partial charge < -0.3 is 14.8 Å². The number of carbonyl (C=O) groups excluding carboxylic acids is 1. The van der Waals surface area contributed by atoms with Crippen LogP contribution in [0.1, 0.15) is 41.9 Å². The lowest BCUT2D eigenvalue weighted by atomic mass is 9.85. The summed E-state index contributed by atoms with van der Waals surface area (Å²) in [5.41, 5.74) is 0.396. The molecule has 144 valence electrons.